The second kappa shape index (κ2) is 7.55. The standard InChI is InChI=1S/C31H23N/c1-22-19-20-24(23-11-4-2-5-12-23)21-28(22)26-16-10-18-30-31(26)27-15-8-9-17-29(27)32(30)25-13-6-3-7-14-25/h2-21H,1H3. The Balaban J connectivity index is 1.68. The summed E-state index contributed by atoms with van der Waals surface area (Å²) in [6.07, 6.45) is 0. The Morgan fingerprint density at radius 1 is 0.500 bits per heavy atom. The first kappa shape index (κ1) is 18.7. The van der Waals surface area contributed by atoms with Crippen LogP contribution in [-0.2, 0) is 0 Å². The lowest BCUT2D eigenvalue weighted by molar-refractivity contribution is 1.18. The molecule has 32 heavy (non-hydrogen) atoms. The Labute approximate surface area is 188 Å². The van der Waals surface area contributed by atoms with E-state index in [9.17, 15) is 0 Å². The largest absolute Gasteiger partial charge is 0.309 e. The number of hydrogen-bond donors (Lipinski definition) is 0. The highest BCUT2D eigenvalue weighted by Gasteiger charge is 2.16. The lowest BCUT2D eigenvalue weighted by Gasteiger charge is -2.12. The number of fused-ring (bicyclic) bond motifs is 3. The molecule has 5 aromatic carbocycles. The van der Waals surface area contributed by atoms with Crippen molar-refractivity contribution in [3.05, 3.63) is 127 Å². The normalized spacial score (nSPS) is 11.3. The summed E-state index contributed by atoms with van der Waals surface area (Å²) in [5.74, 6) is 0. The molecule has 0 spiro atoms. The summed E-state index contributed by atoms with van der Waals surface area (Å²) in [7, 11) is 0. The predicted octanol–water partition coefficient (Wildman–Crippen LogP) is 8.43. The molecular weight excluding hydrogens is 386 g/mol. The van der Waals surface area contributed by atoms with Crippen molar-refractivity contribution in [3.63, 3.8) is 0 Å². The first-order valence-electron chi connectivity index (χ1n) is 11.1. The average molecular weight is 410 g/mol. The summed E-state index contributed by atoms with van der Waals surface area (Å²) >= 11 is 0. The van der Waals surface area contributed by atoms with Crippen LogP contribution in [0.2, 0.25) is 0 Å². The zero-order valence-corrected chi connectivity index (χ0v) is 18.0. The number of para-hydroxylation sites is 2. The van der Waals surface area contributed by atoms with Crippen LogP contribution in [0.1, 0.15) is 5.56 Å². The molecule has 6 aromatic rings. The van der Waals surface area contributed by atoms with Gasteiger partial charge in [0.15, 0.2) is 0 Å². The van der Waals surface area contributed by atoms with Gasteiger partial charge in [0.05, 0.1) is 11.0 Å². The molecule has 0 bridgehead atoms. The minimum Gasteiger partial charge on any atom is -0.309 e. The van der Waals surface area contributed by atoms with E-state index in [4.69, 9.17) is 0 Å². The molecular formula is C31H23N. The van der Waals surface area contributed by atoms with Crippen molar-refractivity contribution >= 4 is 21.8 Å². The molecule has 0 saturated heterocycles. The molecule has 0 fully saturated rings. The molecule has 152 valence electrons. The maximum Gasteiger partial charge on any atom is 0.0547 e. The van der Waals surface area contributed by atoms with Gasteiger partial charge < -0.3 is 4.57 Å². The van der Waals surface area contributed by atoms with Crippen molar-refractivity contribution in [2.75, 3.05) is 0 Å². The summed E-state index contributed by atoms with van der Waals surface area (Å²) in [6.45, 7) is 2.21. The van der Waals surface area contributed by atoms with E-state index in [-0.39, 0.29) is 0 Å². The van der Waals surface area contributed by atoms with Gasteiger partial charge in [0.1, 0.15) is 0 Å². The maximum absolute atomic E-state index is 2.38. The maximum atomic E-state index is 2.38. The SMILES string of the molecule is Cc1ccc(-c2ccccc2)cc1-c1cccc2c1c1ccccc1n2-c1ccccc1. The number of nitrogens with zero attached hydrogens (tertiary/aromatic N) is 1. The van der Waals surface area contributed by atoms with E-state index in [1.165, 1.54) is 55.3 Å². The fraction of sp³-hybridized carbons (Fsp3) is 0.0323. The molecule has 1 aromatic heterocycles. The summed E-state index contributed by atoms with van der Waals surface area (Å²) in [4.78, 5) is 0. The lowest BCUT2D eigenvalue weighted by atomic mass is 9.92. The molecule has 1 nitrogen and oxygen atoms in total. The number of rotatable bonds is 3. The Bertz CT molecular complexity index is 1560. The van der Waals surface area contributed by atoms with Crippen molar-refractivity contribution in [1.29, 1.82) is 0 Å². The molecule has 0 radical (unpaired) electrons. The Morgan fingerprint density at radius 3 is 2.00 bits per heavy atom. The fourth-order valence-electron chi connectivity index (χ4n) is 4.82. The Morgan fingerprint density at radius 2 is 1.19 bits per heavy atom. The van der Waals surface area contributed by atoms with Crippen LogP contribution < -0.4 is 0 Å². The van der Waals surface area contributed by atoms with E-state index in [1.54, 1.807) is 0 Å². The molecule has 1 heteroatoms. The van der Waals surface area contributed by atoms with E-state index in [0.717, 1.165) is 0 Å². The molecule has 0 saturated carbocycles. The summed E-state index contributed by atoms with van der Waals surface area (Å²) in [5, 5.41) is 2.59. The minimum atomic E-state index is 1.19. The van der Waals surface area contributed by atoms with Crippen LogP contribution in [-0.4, -0.2) is 4.57 Å². The molecule has 6 rings (SSSR count). The van der Waals surface area contributed by atoms with Crippen LogP contribution in [0, 0.1) is 6.92 Å². The summed E-state index contributed by atoms with van der Waals surface area (Å²) in [5.41, 5.74) is 10.00. The van der Waals surface area contributed by atoms with Crippen LogP contribution in [0.3, 0.4) is 0 Å². The van der Waals surface area contributed by atoms with Crippen molar-refractivity contribution in [3.8, 4) is 27.9 Å². The third-order valence-electron chi connectivity index (χ3n) is 6.35. The van der Waals surface area contributed by atoms with E-state index in [2.05, 4.69) is 133 Å². The van der Waals surface area contributed by atoms with Gasteiger partial charge in [-0.15, -0.1) is 0 Å². The second-order valence-corrected chi connectivity index (χ2v) is 8.28. The fourth-order valence-corrected chi connectivity index (χ4v) is 4.82. The zero-order valence-electron chi connectivity index (χ0n) is 18.0. The Hall–Kier alpha value is -4.10. The third kappa shape index (κ3) is 2.94. The van der Waals surface area contributed by atoms with Crippen molar-refractivity contribution in [2.24, 2.45) is 0 Å². The zero-order chi connectivity index (χ0) is 21.5. The molecule has 0 aliphatic rings. The van der Waals surface area contributed by atoms with Crippen LogP contribution in [0.5, 0.6) is 0 Å². The van der Waals surface area contributed by atoms with Gasteiger partial charge in [-0.2, -0.15) is 0 Å². The molecule has 0 atom stereocenters. The van der Waals surface area contributed by atoms with Crippen molar-refractivity contribution < 1.29 is 0 Å². The summed E-state index contributed by atoms with van der Waals surface area (Å²) < 4.78 is 2.38. The number of aromatic nitrogens is 1. The lowest BCUT2D eigenvalue weighted by Crippen LogP contribution is -1.93. The van der Waals surface area contributed by atoms with Gasteiger partial charge in [0.25, 0.3) is 0 Å². The Kier molecular flexibility index (Phi) is 4.40. The minimum absolute atomic E-state index is 1.19. The average Bonchev–Trinajstić information content (AvgIpc) is 3.20. The third-order valence-corrected chi connectivity index (χ3v) is 6.35. The highest BCUT2D eigenvalue weighted by atomic mass is 15.0. The first-order chi connectivity index (χ1) is 15.8. The monoisotopic (exact) mass is 409 g/mol. The van der Waals surface area contributed by atoms with E-state index < -0.39 is 0 Å². The van der Waals surface area contributed by atoms with Crippen LogP contribution in [0.15, 0.2) is 121 Å². The van der Waals surface area contributed by atoms with Gasteiger partial charge >= 0.3 is 0 Å². The predicted molar refractivity (Wildman–Crippen MR) is 136 cm³/mol. The van der Waals surface area contributed by atoms with Gasteiger partial charge in [0, 0.05) is 16.5 Å². The van der Waals surface area contributed by atoms with E-state index in [1.807, 2.05) is 0 Å². The molecule has 0 aliphatic carbocycles. The summed E-state index contributed by atoms with van der Waals surface area (Å²) in [6, 6.07) is 43.5. The number of benzene rings is 5. The van der Waals surface area contributed by atoms with Crippen LogP contribution >= 0.6 is 0 Å². The smallest absolute Gasteiger partial charge is 0.0547 e. The van der Waals surface area contributed by atoms with Crippen LogP contribution in [0.4, 0.5) is 0 Å². The number of hydrogen-bond acceptors (Lipinski definition) is 0. The quantitative estimate of drug-likeness (QED) is 0.276. The molecule has 1 heterocycles. The second-order valence-electron chi connectivity index (χ2n) is 8.28. The topological polar surface area (TPSA) is 4.93 Å². The molecule has 0 amide bonds. The van der Waals surface area contributed by atoms with Crippen molar-refractivity contribution in [1.82, 2.24) is 4.57 Å². The van der Waals surface area contributed by atoms with Gasteiger partial charge in [-0.1, -0.05) is 91.0 Å². The van der Waals surface area contributed by atoms with Gasteiger partial charge in [-0.05, 0) is 65.1 Å². The van der Waals surface area contributed by atoms with E-state index >= 15 is 0 Å². The van der Waals surface area contributed by atoms with E-state index in [0.29, 0.717) is 0 Å². The highest BCUT2D eigenvalue weighted by Crippen LogP contribution is 2.40. The highest BCUT2D eigenvalue weighted by molar-refractivity contribution is 6.16. The van der Waals surface area contributed by atoms with Crippen LogP contribution in [0.25, 0.3) is 49.7 Å². The van der Waals surface area contributed by atoms with Gasteiger partial charge in [-0.25, -0.2) is 0 Å². The molecule has 0 N–H and O–H groups in total. The first-order valence-corrected chi connectivity index (χ1v) is 11.1. The van der Waals surface area contributed by atoms with Crippen molar-refractivity contribution in [2.45, 2.75) is 6.92 Å². The molecule has 0 unspecified atom stereocenters. The number of aryl methyl sites for hydroxylation is 1. The van der Waals surface area contributed by atoms with Gasteiger partial charge in [0.2, 0.25) is 0 Å². The van der Waals surface area contributed by atoms with Gasteiger partial charge in [-0.3, -0.25) is 0 Å². The molecule has 0 aliphatic heterocycles.